The largest absolute Gasteiger partial charge is 0.481 e. The van der Waals surface area contributed by atoms with Gasteiger partial charge < -0.3 is 14.7 Å². The van der Waals surface area contributed by atoms with Crippen LogP contribution in [0.2, 0.25) is 0 Å². The van der Waals surface area contributed by atoms with Crippen LogP contribution in [0.15, 0.2) is 28.2 Å². The Labute approximate surface area is 130 Å². The molecule has 0 saturated heterocycles. The Bertz CT molecular complexity index is 632. The number of aliphatic carboxylic acids is 1. The quantitative estimate of drug-likeness (QED) is 0.645. The summed E-state index contributed by atoms with van der Waals surface area (Å²) in [5, 5.41) is 17.7. The summed E-state index contributed by atoms with van der Waals surface area (Å²) in [6, 6.07) is 6.70. The second-order valence-corrected chi connectivity index (χ2v) is 5.15. The minimum Gasteiger partial charge on any atom is -0.481 e. The number of halogens is 1. The fraction of sp³-hybridized carbons (Fsp3) is 0.214. The zero-order valence-electron chi connectivity index (χ0n) is 11.5. The maximum Gasteiger partial charge on any atom is 0.341 e. The number of amides is 1. The maximum atomic E-state index is 11.8. The van der Waals surface area contributed by atoms with Crippen molar-refractivity contribution in [3.8, 4) is 11.8 Å². The summed E-state index contributed by atoms with van der Waals surface area (Å²) in [5.74, 6) is -1.28. The van der Waals surface area contributed by atoms with E-state index >= 15 is 0 Å². The lowest BCUT2D eigenvalue weighted by atomic mass is 10.1. The molecule has 1 aromatic rings. The number of carbonyl (C=O) groups is 2. The van der Waals surface area contributed by atoms with Crippen molar-refractivity contribution in [2.75, 3.05) is 20.7 Å². The van der Waals surface area contributed by atoms with Crippen LogP contribution < -0.4 is 4.74 Å². The Morgan fingerprint density at radius 3 is 2.67 bits per heavy atom. The van der Waals surface area contributed by atoms with E-state index < -0.39 is 18.5 Å². The highest BCUT2D eigenvalue weighted by molar-refractivity contribution is 9.10. The molecule has 0 aliphatic carbocycles. The molecule has 1 aromatic carbocycles. The zero-order valence-corrected chi connectivity index (χ0v) is 13.0. The third-order valence-electron chi connectivity index (χ3n) is 2.38. The molecule has 1 amide bonds. The molecule has 110 valence electrons. The van der Waals surface area contributed by atoms with Crippen LogP contribution in [0, 0.1) is 11.3 Å². The van der Waals surface area contributed by atoms with E-state index in [-0.39, 0.29) is 11.3 Å². The van der Waals surface area contributed by atoms with Crippen molar-refractivity contribution in [3.05, 3.63) is 33.8 Å². The number of ether oxygens (including phenoxy) is 1. The predicted molar refractivity (Wildman–Crippen MR) is 79.6 cm³/mol. The van der Waals surface area contributed by atoms with Gasteiger partial charge in [0.2, 0.25) is 0 Å². The van der Waals surface area contributed by atoms with Crippen LogP contribution in [-0.4, -0.2) is 42.6 Å². The van der Waals surface area contributed by atoms with Crippen LogP contribution in [0.3, 0.4) is 0 Å². The molecule has 0 aromatic heterocycles. The Balaban J connectivity index is 3.21. The van der Waals surface area contributed by atoms with Gasteiger partial charge in [0.15, 0.2) is 6.61 Å². The van der Waals surface area contributed by atoms with E-state index in [1.165, 1.54) is 25.1 Å². The van der Waals surface area contributed by atoms with Crippen LogP contribution in [0.4, 0.5) is 0 Å². The van der Waals surface area contributed by atoms with Gasteiger partial charge in [-0.05, 0) is 24.3 Å². The van der Waals surface area contributed by atoms with Crippen molar-refractivity contribution in [1.82, 2.24) is 4.90 Å². The molecule has 0 heterocycles. The molecule has 0 aliphatic rings. The molecule has 0 atom stereocenters. The third kappa shape index (κ3) is 4.93. The summed E-state index contributed by atoms with van der Waals surface area (Å²) >= 11 is 3.27. The van der Waals surface area contributed by atoms with Gasteiger partial charge in [0.1, 0.15) is 17.4 Å². The molecule has 1 rings (SSSR count). The van der Waals surface area contributed by atoms with Gasteiger partial charge in [0.05, 0.1) is 0 Å². The smallest absolute Gasteiger partial charge is 0.341 e. The number of nitrogens with zero attached hydrogens (tertiary/aromatic N) is 2. The van der Waals surface area contributed by atoms with Crippen molar-refractivity contribution in [3.63, 3.8) is 0 Å². The van der Waals surface area contributed by atoms with Crippen LogP contribution in [0.1, 0.15) is 5.56 Å². The predicted octanol–water partition coefficient (Wildman–Crippen LogP) is 1.91. The number of carboxylic acid groups (broad SMARTS) is 1. The molecule has 21 heavy (non-hydrogen) atoms. The molecule has 0 bridgehead atoms. The normalized spacial score (nSPS) is 10.7. The van der Waals surface area contributed by atoms with Crippen LogP contribution in [0.25, 0.3) is 6.08 Å². The van der Waals surface area contributed by atoms with Gasteiger partial charge in [-0.3, -0.25) is 4.79 Å². The Morgan fingerprint density at radius 1 is 1.48 bits per heavy atom. The molecule has 0 spiro atoms. The first-order valence-electron chi connectivity index (χ1n) is 5.82. The number of hydrogen-bond acceptors (Lipinski definition) is 4. The lowest BCUT2D eigenvalue weighted by Gasteiger charge is -2.11. The summed E-state index contributed by atoms with van der Waals surface area (Å²) in [4.78, 5) is 23.7. The standard InChI is InChI=1S/C14H13BrN2O4/c1-17(2)14(20)10(7-16)5-9-6-11(15)3-4-12(9)21-8-13(18)19/h3-6H,8H2,1-2H3,(H,18,19)/b10-5-. The number of nitriles is 1. The molecule has 0 aliphatic heterocycles. The average Bonchev–Trinajstić information content (AvgIpc) is 2.42. The maximum absolute atomic E-state index is 11.8. The number of benzene rings is 1. The van der Waals surface area contributed by atoms with E-state index in [0.29, 0.717) is 10.0 Å². The first kappa shape index (κ1) is 16.7. The molecule has 0 fully saturated rings. The van der Waals surface area contributed by atoms with E-state index in [1.807, 2.05) is 6.07 Å². The summed E-state index contributed by atoms with van der Waals surface area (Å²) < 4.78 is 5.85. The number of hydrogen-bond donors (Lipinski definition) is 1. The van der Waals surface area contributed by atoms with E-state index in [2.05, 4.69) is 15.9 Å². The minimum absolute atomic E-state index is 0.0710. The lowest BCUT2D eigenvalue weighted by Crippen LogP contribution is -2.22. The third-order valence-corrected chi connectivity index (χ3v) is 2.87. The number of rotatable bonds is 5. The first-order valence-corrected chi connectivity index (χ1v) is 6.62. The Kier molecular flexibility index (Phi) is 5.93. The topological polar surface area (TPSA) is 90.6 Å². The van der Waals surface area contributed by atoms with E-state index in [1.54, 1.807) is 18.2 Å². The molecule has 0 radical (unpaired) electrons. The summed E-state index contributed by atoms with van der Waals surface area (Å²) in [7, 11) is 3.08. The summed E-state index contributed by atoms with van der Waals surface area (Å²) in [6.45, 7) is -0.508. The second-order valence-electron chi connectivity index (χ2n) is 4.23. The Morgan fingerprint density at radius 2 is 2.14 bits per heavy atom. The van der Waals surface area contributed by atoms with Crippen LogP contribution >= 0.6 is 15.9 Å². The van der Waals surface area contributed by atoms with Crippen molar-refractivity contribution in [1.29, 1.82) is 5.26 Å². The minimum atomic E-state index is -1.11. The number of carbonyl (C=O) groups excluding carboxylic acids is 1. The van der Waals surface area contributed by atoms with Gasteiger partial charge in [-0.15, -0.1) is 0 Å². The molecule has 1 N–H and O–H groups in total. The van der Waals surface area contributed by atoms with Crippen molar-refractivity contribution in [2.45, 2.75) is 0 Å². The molecule has 0 unspecified atom stereocenters. The van der Waals surface area contributed by atoms with Gasteiger partial charge in [-0.2, -0.15) is 5.26 Å². The summed E-state index contributed by atoms with van der Waals surface area (Å²) in [5.41, 5.74) is 0.371. The van der Waals surface area contributed by atoms with Crippen molar-refractivity contribution >= 4 is 33.9 Å². The highest BCUT2D eigenvalue weighted by atomic mass is 79.9. The fourth-order valence-electron chi connectivity index (χ4n) is 1.44. The zero-order chi connectivity index (χ0) is 16.0. The number of likely N-dealkylation sites (N-methyl/N-ethyl adjacent to an activating group) is 1. The fourth-order valence-corrected chi connectivity index (χ4v) is 1.82. The van der Waals surface area contributed by atoms with Gasteiger partial charge in [0.25, 0.3) is 5.91 Å². The average molecular weight is 353 g/mol. The van der Waals surface area contributed by atoms with Gasteiger partial charge in [-0.1, -0.05) is 15.9 Å². The molecule has 0 saturated carbocycles. The van der Waals surface area contributed by atoms with Crippen LogP contribution in [0.5, 0.6) is 5.75 Å². The van der Waals surface area contributed by atoms with E-state index in [4.69, 9.17) is 15.1 Å². The Hall–Kier alpha value is -2.33. The van der Waals surface area contributed by atoms with E-state index in [9.17, 15) is 9.59 Å². The summed E-state index contributed by atoms with van der Waals surface area (Å²) in [6.07, 6.45) is 1.37. The monoisotopic (exact) mass is 352 g/mol. The van der Waals surface area contributed by atoms with Crippen molar-refractivity contribution in [2.24, 2.45) is 0 Å². The van der Waals surface area contributed by atoms with Gasteiger partial charge in [0, 0.05) is 24.1 Å². The molecular formula is C14H13BrN2O4. The number of carboxylic acids is 1. The lowest BCUT2D eigenvalue weighted by molar-refractivity contribution is -0.139. The van der Waals surface area contributed by atoms with Crippen molar-refractivity contribution < 1.29 is 19.4 Å². The van der Waals surface area contributed by atoms with Crippen LogP contribution in [-0.2, 0) is 9.59 Å². The van der Waals surface area contributed by atoms with Gasteiger partial charge in [-0.25, -0.2) is 4.79 Å². The molecular weight excluding hydrogens is 340 g/mol. The SMILES string of the molecule is CN(C)C(=O)/C(C#N)=C\c1cc(Br)ccc1OCC(=O)O. The molecule has 7 heteroatoms. The first-order chi connectivity index (χ1) is 9.85. The van der Waals surface area contributed by atoms with E-state index in [0.717, 1.165) is 0 Å². The highest BCUT2D eigenvalue weighted by Gasteiger charge is 2.13. The van der Waals surface area contributed by atoms with Gasteiger partial charge >= 0.3 is 5.97 Å². The highest BCUT2D eigenvalue weighted by Crippen LogP contribution is 2.25. The molecule has 6 nitrogen and oxygen atoms in total. The second kappa shape index (κ2) is 7.45.